The molecule has 0 saturated carbocycles. The average molecular weight is 305 g/mol. The van der Waals surface area contributed by atoms with E-state index in [1.807, 2.05) is 0 Å². The van der Waals surface area contributed by atoms with Crippen LogP contribution in [0.2, 0.25) is 0 Å². The molecule has 20 heavy (non-hydrogen) atoms. The van der Waals surface area contributed by atoms with Gasteiger partial charge in [0.25, 0.3) is 0 Å². The molecule has 0 bridgehead atoms. The molecule has 11 heteroatoms. The molecule has 0 unspecified atom stereocenters. The van der Waals surface area contributed by atoms with Crippen LogP contribution >= 0.6 is 7.82 Å². The normalized spacial score (nSPS) is 31.8. The minimum atomic E-state index is -4.76. The monoisotopic (exact) mass is 305 g/mol. The zero-order valence-corrected chi connectivity index (χ0v) is 10.9. The number of aromatic nitrogens is 2. The van der Waals surface area contributed by atoms with Gasteiger partial charge < -0.3 is 24.4 Å². The van der Waals surface area contributed by atoms with Gasteiger partial charge in [-0.25, -0.2) is 4.57 Å². The van der Waals surface area contributed by atoms with Crippen molar-refractivity contribution in [2.24, 2.45) is 0 Å². The minimum Gasteiger partial charge on any atom is -0.453 e. The van der Waals surface area contributed by atoms with Crippen molar-refractivity contribution in [1.29, 1.82) is 5.41 Å². The fraction of sp³-hybridized carbons (Fsp3) is 0.556. The first-order valence-electron chi connectivity index (χ1n) is 5.70. The van der Waals surface area contributed by atoms with E-state index >= 15 is 0 Å². The third-order valence-corrected chi connectivity index (χ3v) is 3.59. The molecule has 0 aliphatic carbocycles. The lowest BCUT2D eigenvalue weighted by Crippen LogP contribution is -2.37. The summed E-state index contributed by atoms with van der Waals surface area (Å²) in [5.74, 6) is 0. The van der Waals surface area contributed by atoms with Crippen molar-refractivity contribution in [2.45, 2.75) is 24.5 Å². The summed E-state index contributed by atoms with van der Waals surface area (Å²) in [6.45, 7) is -0.471. The first-order valence-corrected chi connectivity index (χ1v) is 7.23. The molecule has 1 aromatic heterocycles. The molecule has 2 aliphatic heterocycles. The number of aliphatic hydroxyl groups is 1. The molecule has 4 N–H and O–H groups in total. The zero-order valence-electron chi connectivity index (χ0n) is 9.99. The van der Waals surface area contributed by atoms with Crippen molar-refractivity contribution in [2.75, 3.05) is 6.61 Å². The van der Waals surface area contributed by atoms with Crippen molar-refractivity contribution in [3.63, 3.8) is 0 Å². The Kier molecular flexibility index (Phi) is 3.16. The van der Waals surface area contributed by atoms with Gasteiger partial charge in [0.2, 0.25) is 0 Å². The molecule has 3 heterocycles. The lowest BCUT2D eigenvalue weighted by molar-refractivity contribution is -0.0427. The van der Waals surface area contributed by atoms with E-state index in [0.717, 1.165) is 0 Å². The van der Waals surface area contributed by atoms with Crippen molar-refractivity contribution >= 4 is 7.82 Å². The maximum Gasteiger partial charge on any atom is 0.470 e. The molecule has 10 nitrogen and oxygen atoms in total. The fourth-order valence-corrected chi connectivity index (χ4v) is 2.88. The van der Waals surface area contributed by atoms with Crippen LogP contribution in [0.3, 0.4) is 0 Å². The Hall–Kier alpha value is -1.29. The molecule has 1 fully saturated rings. The van der Waals surface area contributed by atoms with E-state index in [4.69, 9.17) is 24.7 Å². The van der Waals surface area contributed by atoms with Gasteiger partial charge in [0.15, 0.2) is 17.8 Å². The van der Waals surface area contributed by atoms with E-state index in [1.54, 1.807) is 0 Å². The van der Waals surface area contributed by atoms with Gasteiger partial charge in [0.1, 0.15) is 12.2 Å². The third kappa shape index (κ3) is 2.26. The van der Waals surface area contributed by atoms with Crippen LogP contribution in [0.25, 0.3) is 0 Å². The number of aliphatic hydroxyl groups excluding tert-OH is 1. The minimum absolute atomic E-state index is 0.0117. The second kappa shape index (κ2) is 4.62. The van der Waals surface area contributed by atoms with Crippen molar-refractivity contribution in [1.82, 2.24) is 9.55 Å². The maximum absolute atomic E-state index is 11.0. The van der Waals surface area contributed by atoms with Crippen molar-refractivity contribution < 1.29 is 33.5 Å². The quantitative estimate of drug-likeness (QED) is 0.493. The first-order chi connectivity index (χ1) is 9.39. The van der Waals surface area contributed by atoms with Crippen LogP contribution in [0.1, 0.15) is 6.23 Å². The predicted molar refractivity (Wildman–Crippen MR) is 60.4 cm³/mol. The summed E-state index contributed by atoms with van der Waals surface area (Å²) in [7, 11) is -4.76. The summed E-state index contributed by atoms with van der Waals surface area (Å²) in [6.07, 6.45) is -2.11. The largest absolute Gasteiger partial charge is 0.470 e. The average Bonchev–Trinajstić information content (AvgIpc) is 2.84. The molecule has 1 aromatic rings. The van der Waals surface area contributed by atoms with Crippen molar-refractivity contribution in [3.05, 3.63) is 17.8 Å². The van der Waals surface area contributed by atoms with Crippen LogP contribution in [0.4, 0.5) is 0 Å². The smallest absolute Gasteiger partial charge is 0.453 e. The van der Waals surface area contributed by atoms with E-state index in [-0.39, 0.29) is 11.5 Å². The number of phosphoric acid groups is 1. The second-order valence-corrected chi connectivity index (χ2v) is 5.59. The molecule has 0 spiro atoms. The summed E-state index contributed by atoms with van der Waals surface area (Å²) >= 11 is 0. The number of rotatable bonds is 3. The highest BCUT2D eigenvalue weighted by Gasteiger charge is 2.54. The Morgan fingerprint density at radius 2 is 2.30 bits per heavy atom. The number of nitrogens with one attached hydrogen (secondary N) is 1. The van der Waals surface area contributed by atoms with E-state index in [0.29, 0.717) is 0 Å². The highest BCUT2D eigenvalue weighted by Crippen LogP contribution is 2.47. The molecule has 3 rings (SSSR count). The first kappa shape index (κ1) is 13.7. The highest BCUT2D eigenvalue weighted by atomic mass is 31.2. The lowest BCUT2D eigenvalue weighted by atomic mass is 10.1. The van der Waals surface area contributed by atoms with Crippen LogP contribution in [0, 0.1) is 5.41 Å². The maximum atomic E-state index is 11.0. The standard InChI is InChI=1S/C9H12N3O7P/c10-5-1-2-12-8-7(18-9(12)11-5)6(4(3-13)17-8)19-20(14,15)16/h1-2,4,6-8,10,13H,3H2,(H2,14,15,16)/t4-,6+,7+,8+/m1/s1. The van der Waals surface area contributed by atoms with E-state index in [2.05, 4.69) is 9.51 Å². The van der Waals surface area contributed by atoms with Crippen molar-refractivity contribution in [3.8, 4) is 6.01 Å². The second-order valence-electron chi connectivity index (χ2n) is 4.39. The molecule has 0 aromatic carbocycles. The summed E-state index contributed by atoms with van der Waals surface area (Å²) in [4.78, 5) is 21.7. The van der Waals surface area contributed by atoms with Gasteiger partial charge in [-0.3, -0.25) is 14.5 Å². The predicted octanol–water partition coefficient (Wildman–Crippen LogP) is -1.51. The molecule has 1 saturated heterocycles. The van der Waals surface area contributed by atoms with Gasteiger partial charge in [-0.1, -0.05) is 0 Å². The van der Waals surface area contributed by atoms with Gasteiger partial charge in [-0.2, -0.15) is 4.98 Å². The molecule has 110 valence electrons. The summed E-state index contributed by atoms with van der Waals surface area (Å²) in [5, 5.41) is 16.6. The molecule has 0 radical (unpaired) electrons. The fourth-order valence-electron chi connectivity index (χ4n) is 2.31. The lowest BCUT2D eigenvalue weighted by Gasteiger charge is -2.20. The topological polar surface area (TPSA) is 147 Å². The number of ether oxygens (including phenoxy) is 2. The van der Waals surface area contributed by atoms with Crippen LogP contribution in [0.15, 0.2) is 12.3 Å². The summed E-state index contributed by atoms with van der Waals surface area (Å²) in [6, 6.07) is 1.52. The summed E-state index contributed by atoms with van der Waals surface area (Å²) < 4.78 is 28.0. The van der Waals surface area contributed by atoms with Crippen LogP contribution in [-0.4, -0.2) is 49.4 Å². The summed E-state index contributed by atoms with van der Waals surface area (Å²) in [5.41, 5.74) is -0.0117. The zero-order chi connectivity index (χ0) is 14.5. The number of phosphoric ester groups is 1. The Balaban J connectivity index is 1.92. The molecular weight excluding hydrogens is 293 g/mol. The van der Waals surface area contributed by atoms with Gasteiger partial charge in [-0.05, 0) is 6.07 Å². The highest BCUT2D eigenvalue weighted by molar-refractivity contribution is 7.46. The number of hydrogen-bond acceptors (Lipinski definition) is 7. The molecule has 0 amide bonds. The Morgan fingerprint density at radius 1 is 1.55 bits per heavy atom. The van der Waals surface area contributed by atoms with Gasteiger partial charge in [-0.15, -0.1) is 0 Å². The number of nitrogens with zero attached hydrogens (tertiary/aromatic N) is 2. The number of hydrogen-bond donors (Lipinski definition) is 4. The van der Waals surface area contributed by atoms with Crippen LogP contribution < -0.4 is 10.2 Å². The third-order valence-electron chi connectivity index (χ3n) is 3.07. The Bertz CT molecular complexity index is 628. The molecule has 2 aliphatic rings. The van der Waals surface area contributed by atoms with Crippen LogP contribution in [0.5, 0.6) is 6.01 Å². The van der Waals surface area contributed by atoms with Gasteiger partial charge in [0, 0.05) is 6.20 Å². The molecular formula is C9H12N3O7P. The Labute approximate surface area is 112 Å². The van der Waals surface area contributed by atoms with Gasteiger partial charge in [0.05, 0.1) is 6.61 Å². The number of fused-ring (bicyclic) bond motifs is 3. The van der Waals surface area contributed by atoms with Crippen LogP contribution in [-0.2, 0) is 13.8 Å². The van der Waals surface area contributed by atoms with E-state index in [9.17, 15) is 9.67 Å². The van der Waals surface area contributed by atoms with E-state index < -0.39 is 39.0 Å². The Morgan fingerprint density at radius 3 is 2.95 bits per heavy atom. The van der Waals surface area contributed by atoms with E-state index in [1.165, 1.54) is 16.8 Å². The van der Waals surface area contributed by atoms with Gasteiger partial charge >= 0.3 is 13.8 Å². The SMILES string of the molecule is N=c1ccn2c(n1)O[C@H]1[C@@H](OP(=O)(O)O)[C@@H](CO)O[C@@H]12. The molecule has 4 atom stereocenters.